The Morgan fingerprint density at radius 1 is 0.583 bits per heavy atom. The molecule has 1 saturated carbocycles. The second kappa shape index (κ2) is 8.08. The molecule has 0 unspecified atom stereocenters. The molecule has 3 aliphatic rings. The SMILES string of the molecule is CC[N+]1(CCC2(CC[N+]3(CC)CCCC3)CCCCC2)CCCC1. The number of hydrogen-bond acceptors (Lipinski definition) is 0. The monoisotopic (exact) mass is 336 g/mol. The fraction of sp³-hybridized carbons (Fsp3) is 1.00. The Morgan fingerprint density at radius 2 is 1.00 bits per heavy atom. The van der Waals surface area contributed by atoms with Gasteiger partial charge in [0.2, 0.25) is 0 Å². The smallest absolute Gasteiger partial charge is 0.0791 e. The highest BCUT2D eigenvalue weighted by Gasteiger charge is 2.40. The van der Waals surface area contributed by atoms with Crippen molar-refractivity contribution in [2.75, 3.05) is 52.4 Å². The van der Waals surface area contributed by atoms with Gasteiger partial charge in [0, 0.05) is 38.5 Å². The van der Waals surface area contributed by atoms with Gasteiger partial charge >= 0.3 is 0 Å². The zero-order chi connectivity index (χ0) is 16.9. The Balaban J connectivity index is 1.61. The van der Waals surface area contributed by atoms with Crippen molar-refractivity contribution in [3.05, 3.63) is 0 Å². The molecule has 0 atom stereocenters. The van der Waals surface area contributed by atoms with Crippen LogP contribution in [0, 0.1) is 5.41 Å². The fourth-order valence-corrected chi connectivity index (χ4v) is 6.28. The Hall–Kier alpha value is -0.0800. The standard InChI is InChI=1S/C22H44N2/c1-3-23(16-8-9-17-23)20-14-22(12-6-5-7-13-22)15-21-24(4-2)18-10-11-19-24/h3-21H2,1-2H3/q+2. The quantitative estimate of drug-likeness (QED) is 0.549. The average Bonchev–Trinajstić information content (AvgIpc) is 3.30. The van der Waals surface area contributed by atoms with E-state index in [-0.39, 0.29) is 0 Å². The lowest BCUT2D eigenvalue weighted by molar-refractivity contribution is -0.918. The van der Waals surface area contributed by atoms with Crippen LogP contribution in [0.2, 0.25) is 0 Å². The maximum Gasteiger partial charge on any atom is 0.0791 e. The van der Waals surface area contributed by atoms with E-state index in [1.165, 1.54) is 119 Å². The molecular weight excluding hydrogens is 292 g/mol. The number of hydrogen-bond donors (Lipinski definition) is 0. The van der Waals surface area contributed by atoms with E-state index in [1.54, 1.807) is 12.8 Å². The van der Waals surface area contributed by atoms with E-state index in [2.05, 4.69) is 13.8 Å². The van der Waals surface area contributed by atoms with E-state index < -0.39 is 0 Å². The first-order chi connectivity index (χ1) is 11.7. The molecule has 2 heterocycles. The largest absolute Gasteiger partial charge is 0.324 e. The lowest BCUT2D eigenvalue weighted by Crippen LogP contribution is -2.50. The van der Waals surface area contributed by atoms with E-state index in [4.69, 9.17) is 0 Å². The lowest BCUT2D eigenvalue weighted by Gasteiger charge is -2.44. The van der Waals surface area contributed by atoms with Crippen molar-refractivity contribution in [2.45, 2.75) is 84.5 Å². The van der Waals surface area contributed by atoms with Gasteiger partial charge in [0.15, 0.2) is 0 Å². The lowest BCUT2D eigenvalue weighted by atomic mass is 9.69. The molecule has 0 aromatic carbocycles. The van der Waals surface area contributed by atoms with E-state index in [9.17, 15) is 0 Å². The zero-order valence-corrected chi connectivity index (χ0v) is 16.8. The van der Waals surface area contributed by atoms with Gasteiger partial charge in [-0.15, -0.1) is 0 Å². The van der Waals surface area contributed by atoms with Crippen LogP contribution in [0.3, 0.4) is 0 Å². The molecule has 0 aromatic rings. The number of likely N-dealkylation sites (tertiary alicyclic amines) is 2. The van der Waals surface area contributed by atoms with Crippen LogP contribution in [0.25, 0.3) is 0 Å². The second-order valence-electron chi connectivity index (χ2n) is 9.63. The van der Waals surface area contributed by atoms with Crippen LogP contribution in [-0.2, 0) is 0 Å². The zero-order valence-electron chi connectivity index (χ0n) is 16.8. The normalized spacial score (nSPS) is 28.2. The predicted molar refractivity (Wildman–Crippen MR) is 104 cm³/mol. The van der Waals surface area contributed by atoms with Crippen molar-refractivity contribution >= 4 is 0 Å². The molecule has 24 heavy (non-hydrogen) atoms. The highest BCUT2D eigenvalue weighted by Crippen LogP contribution is 2.44. The minimum Gasteiger partial charge on any atom is -0.324 e. The molecule has 1 aliphatic carbocycles. The van der Waals surface area contributed by atoms with Gasteiger partial charge < -0.3 is 8.97 Å². The summed E-state index contributed by atoms with van der Waals surface area (Å²) in [5.74, 6) is 0. The Morgan fingerprint density at radius 3 is 1.38 bits per heavy atom. The first kappa shape index (κ1) is 18.7. The van der Waals surface area contributed by atoms with Crippen LogP contribution in [0.15, 0.2) is 0 Å². The van der Waals surface area contributed by atoms with Crippen LogP contribution in [0.4, 0.5) is 0 Å². The summed E-state index contributed by atoms with van der Waals surface area (Å²) in [4.78, 5) is 0. The molecule has 3 fully saturated rings. The second-order valence-corrected chi connectivity index (χ2v) is 9.63. The summed E-state index contributed by atoms with van der Waals surface area (Å²) < 4.78 is 2.91. The Bertz CT molecular complexity index is 341. The van der Waals surface area contributed by atoms with Gasteiger partial charge in [-0.25, -0.2) is 0 Å². The first-order valence-electron chi connectivity index (χ1n) is 11.4. The maximum atomic E-state index is 2.44. The van der Waals surface area contributed by atoms with Gasteiger partial charge in [-0.3, -0.25) is 0 Å². The summed E-state index contributed by atoms with van der Waals surface area (Å²) in [6, 6.07) is 0. The number of rotatable bonds is 8. The number of quaternary nitrogens is 2. The summed E-state index contributed by atoms with van der Waals surface area (Å²) in [5.41, 5.74) is 0.713. The summed E-state index contributed by atoms with van der Waals surface area (Å²) >= 11 is 0. The van der Waals surface area contributed by atoms with E-state index in [1.807, 2.05) is 0 Å². The van der Waals surface area contributed by atoms with Crippen molar-refractivity contribution in [2.24, 2.45) is 5.41 Å². The molecule has 0 radical (unpaired) electrons. The predicted octanol–water partition coefficient (Wildman–Crippen LogP) is 4.98. The summed E-state index contributed by atoms with van der Waals surface area (Å²) in [5, 5.41) is 0. The van der Waals surface area contributed by atoms with Crippen LogP contribution in [-0.4, -0.2) is 61.3 Å². The van der Waals surface area contributed by atoms with E-state index in [0.29, 0.717) is 5.41 Å². The van der Waals surface area contributed by atoms with E-state index >= 15 is 0 Å². The third-order valence-electron chi connectivity index (χ3n) is 8.52. The van der Waals surface area contributed by atoms with Crippen molar-refractivity contribution < 1.29 is 8.97 Å². The van der Waals surface area contributed by atoms with Crippen LogP contribution in [0.5, 0.6) is 0 Å². The fourth-order valence-electron chi connectivity index (χ4n) is 6.28. The number of nitrogens with zero attached hydrogens (tertiary/aromatic N) is 2. The molecule has 0 bridgehead atoms. The van der Waals surface area contributed by atoms with Crippen molar-refractivity contribution in [3.63, 3.8) is 0 Å². The van der Waals surface area contributed by atoms with Gasteiger partial charge in [0.25, 0.3) is 0 Å². The third-order valence-corrected chi connectivity index (χ3v) is 8.52. The summed E-state index contributed by atoms with van der Waals surface area (Å²) in [6.07, 6.45) is 16.6. The van der Waals surface area contributed by atoms with Crippen molar-refractivity contribution in [1.29, 1.82) is 0 Å². The Kier molecular flexibility index (Phi) is 6.30. The summed E-state index contributed by atoms with van der Waals surface area (Å²) in [7, 11) is 0. The van der Waals surface area contributed by atoms with Crippen LogP contribution >= 0.6 is 0 Å². The van der Waals surface area contributed by atoms with Gasteiger partial charge in [0.1, 0.15) is 0 Å². The van der Waals surface area contributed by atoms with E-state index in [0.717, 1.165) is 0 Å². The molecular formula is C22H44N2+2. The van der Waals surface area contributed by atoms with Gasteiger partial charge in [-0.1, -0.05) is 19.3 Å². The third kappa shape index (κ3) is 4.18. The molecule has 2 heteroatoms. The van der Waals surface area contributed by atoms with Gasteiger partial charge in [-0.05, 0) is 32.1 Å². The molecule has 2 saturated heterocycles. The maximum absolute atomic E-state index is 2.44. The highest BCUT2D eigenvalue weighted by atomic mass is 15.4. The minimum absolute atomic E-state index is 0.713. The first-order valence-corrected chi connectivity index (χ1v) is 11.4. The average molecular weight is 337 g/mol. The van der Waals surface area contributed by atoms with Gasteiger partial charge in [-0.2, -0.15) is 0 Å². The minimum atomic E-state index is 0.713. The molecule has 0 aromatic heterocycles. The molecule has 0 N–H and O–H groups in total. The van der Waals surface area contributed by atoms with Crippen LogP contribution < -0.4 is 0 Å². The topological polar surface area (TPSA) is 0 Å². The highest BCUT2D eigenvalue weighted by molar-refractivity contribution is 4.83. The van der Waals surface area contributed by atoms with Crippen molar-refractivity contribution in [3.8, 4) is 0 Å². The molecule has 3 rings (SSSR count). The Labute approximate surface area is 151 Å². The van der Waals surface area contributed by atoms with Crippen LogP contribution in [0.1, 0.15) is 84.5 Å². The molecule has 140 valence electrons. The molecule has 0 amide bonds. The van der Waals surface area contributed by atoms with Crippen molar-refractivity contribution in [1.82, 2.24) is 0 Å². The molecule has 2 nitrogen and oxygen atoms in total. The summed E-state index contributed by atoms with van der Waals surface area (Å²) in [6.45, 7) is 16.5. The van der Waals surface area contributed by atoms with Gasteiger partial charge in [0.05, 0.1) is 52.4 Å². The molecule has 2 aliphatic heterocycles. The molecule has 0 spiro atoms.